The van der Waals surface area contributed by atoms with E-state index in [1.807, 2.05) is 0 Å². The maximum absolute atomic E-state index is 12.0. The summed E-state index contributed by atoms with van der Waals surface area (Å²) in [6, 6.07) is 5.73. The third-order valence-corrected chi connectivity index (χ3v) is 4.49. The van der Waals surface area contributed by atoms with Crippen molar-refractivity contribution in [2.45, 2.75) is 12.2 Å². The Morgan fingerprint density at radius 3 is 2.32 bits per heavy atom. The van der Waals surface area contributed by atoms with Gasteiger partial charge in [-0.15, -0.1) is 0 Å². The van der Waals surface area contributed by atoms with Gasteiger partial charge in [0.1, 0.15) is 0 Å². The van der Waals surface area contributed by atoms with Crippen LogP contribution in [0.25, 0.3) is 0 Å². The van der Waals surface area contributed by atoms with E-state index in [0.717, 1.165) is 0 Å². The van der Waals surface area contributed by atoms with Crippen LogP contribution in [0.2, 0.25) is 0 Å². The minimum atomic E-state index is -3.44. The first-order valence-corrected chi connectivity index (χ1v) is 7.35. The first-order valence-electron chi connectivity index (χ1n) is 5.74. The van der Waals surface area contributed by atoms with Gasteiger partial charge in [0, 0.05) is 20.2 Å². The van der Waals surface area contributed by atoms with E-state index in [-0.39, 0.29) is 24.5 Å². The Balaban J connectivity index is 2.75. The molecule has 0 heterocycles. The number of sulfonamides is 1. The monoisotopic (exact) mass is 287 g/mol. The number of rotatable bonds is 7. The quantitative estimate of drug-likeness (QED) is 0.762. The molecular formula is C12H17NO5S. The second-order valence-corrected chi connectivity index (χ2v) is 6.23. The van der Waals surface area contributed by atoms with E-state index in [4.69, 9.17) is 10.2 Å². The number of aliphatic hydroxyl groups is 1. The Kier molecular flexibility index (Phi) is 5.46. The molecule has 0 atom stereocenters. The molecule has 0 fully saturated rings. The van der Waals surface area contributed by atoms with Crippen LogP contribution < -0.4 is 0 Å². The minimum Gasteiger partial charge on any atom is -0.478 e. The van der Waals surface area contributed by atoms with Crippen molar-refractivity contribution >= 4 is 16.0 Å². The molecular weight excluding hydrogens is 270 g/mol. The largest absolute Gasteiger partial charge is 0.478 e. The van der Waals surface area contributed by atoms with Gasteiger partial charge in [-0.1, -0.05) is 12.1 Å². The summed E-state index contributed by atoms with van der Waals surface area (Å²) in [7, 11) is -1.99. The molecule has 0 saturated heterocycles. The number of carbonyl (C=O) groups is 1. The van der Waals surface area contributed by atoms with Crippen molar-refractivity contribution in [1.82, 2.24) is 4.31 Å². The second kappa shape index (κ2) is 6.65. The van der Waals surface area contributed by atoms with Gasteiger partial charge in [-0.25, -0.2) is 17.5 Å². The first kappa shape index (κ1) is 15.6. The van der Waals surface area contributed by atoms with Gasteiger partial charge in [-0.2, -0.15) is 0 Å². The van der Waals surface area contributed by atoms with Gasteiger partial charge in [0.25, 0.3) is 0 Å². The minimum absolute atomic E-state index is 0.0623. The summed E-state index contributed by atoms with van der Waals surface area (Å²) in [6.07, 6.45) is 0.383. The molecule has 6 nitrogen and oxygen atoms in total. The highest BCUT2D eigenvalue weighted by Gasteiger charge is 2.18. The van der Waals surface area contributed by atoms with Crippen LogP contribution in [-0.2, 0) is 15.8 Å². The molecule has 1 aromatic carbocycles. The normalized spacial score (nSPS) is 11.7. The lowest BCUT2D eigenvalue weighted by Gasteiger charge is -2.16. The standard InChI is InChI=1S/C12H17NO5S/c1-13(7-2-8-14)19(17,18)9-10-3-5-11(6-4-10)12(15)16/h3-6,14H,2,7-9H2,1H3,(H,15,16). The molecule has 2 N–H and O–H groups in total. The fourth-order valence-corrected chi connectivity index (χ4v) is 2.74. The number of hydrogen-bond donors (Lipinski definition) is 2. The van der Waals surface area contributed by atoms with Crippen molar-refractivity contribution in [1.29, 1.82) is 0 Å². The molecule has 0 spiro atoms. The zero-order chi connectivity index (χ0) is 14.5. The van der Waals surface area contributed by atoms with Crippen molar-refractivity contribution in [3.05, 3.63) is 35.4 Å². The Labute approximate surface area is 112 Å². The molecule has 0 saturated carbocycles. The van der Waals surface area contributed by atoms with Gasteiger partial charge < -0.3 is 10.2 Å². The molecule has 19 heavy (non-hydrogen) atoms. The maximum Gasteiger partial charge on any atom is 0.335 e. The fourth-order valence-electron chi connectivity index (χ4n) is 1.50. The van der Waals surface area contributed by atoms with Crippen LogP contribution in [0, 0.1) is 0 Å². The average Bonchev–Trinajstić information content (AvgIpc) is 2.36. The SMILES string of the molecule is CN(CCCO)S(=O)(=O)Cc1ccc(C(=O)O)cc1. The van der Waals surface area contributed by atoms with E-state index in [1.54, 1.807) is 0 Å². The van der Waals surface area contributed by atoms with Crippen LogP contribution in [-0.4, -0.2) is 49.1 Å². The summed E-state index contributed by atoms with van der Waals surface area (Å²) < 4.78 is 25.1. The van der Waals surface area contributed by atoms with E-state index in [0.29, 0.717) is 12.0 Å². The molecule has 7 heteroatoms. The van der Waals surface area contributed by atoms with Crippen molar-refractivity contribution < 1.29 is 23.4 Å². The van der Waals surface area contributed by atoms with Gasteiger partial charge >= 0.3 is 5.97 Å². The fraction of sp³-hybridized carbons (Fsp3) is 0.417. The van der Waals surface area contributed by atoms with E-state index in [9.17, 15) is 13.2 Å². The topological polar surface area (TPSA) is 94.9 Å². The lowest BCUT2D eigenvalue weighted by atomic mass is 10.1. The van der Waals surface area contributed by atoms with Gasteiger partial charge in [0.05, 0.1) is 11.3 Å². The van der Waals surface area contributed by atoms with Crippen LogP contribution in [0.1, 0.15) is 22.3 Å². The Bertz CT molecular complexity index is 524. The van der Waals surface area contributed by atoms with Crippen LogP contribution in [0.5, 0.6) is 0 Å². The molecule has 0 aliphatic carbocycles. The summed E-state index contributed by atoms with van der Waals surface area (Å²) >= 11 is 0. The van der Waals surface area contributed by atoms with Gasteiger partial charge in [0.15, 0.2) is 0 Å². The smallest absolute Gasteiger partial charge is 0.335 e. The van der Waals surface area contributed by atoms with Crippen molar-refractivity contribution in [3.63, 3.8) is 0 Å². The molecule has 0 bridgehead atoms. The molecule has 0 aromatic heterocycles. The van der Waals surface area contributed by atoms with Crippen LogP contribution in [0.15, 0.2) is 24.3 Å². The summed E-state index contributed by atoms with van der Waals surface area (Å²) in [4.78, 5) is 10.7. The third kappa shape index (κ3) is 4.62. The molecule has 0 aliphatic heterocycles. The van der Waals surface area contributed by atoms with E-state index in [1.165, 1.54) is 35.6 Å². The van der Waals surface area contributed by atoms with Gasteiger partial charge in [-0.05, 0) is 24.1 Å². The van der Waals surface area contributed by atoms with Crippen LogP contribution >= 0.6 is 0 Å². The molecule has 0 aliphatic rings. The number of aromatic carboxylic acids is 1. The van der Waals surface area contributed by atoms with E-state index in [2.05, 4.69) is 0 Å². The van der Waals surface area contributed by atoms with Crippen LogP contribution in [0.3, 0.4) is 0 Å². The molecule has 0 amide bonds. The van der Waals surface area contributed by atoms with Gasteiger partial charge in [0.2, 0.25) is 10.0 Å². The zero-order valence-electron chi connectivity index (χ0n) is 10.6. The molecule has 1 aromatic rings. The number of aliphatic hydroxyl groups excluding tert-OH is 1. The highest BCUT2D eigenvalue weighted by atomic mass is 32.2. The molecule has 106 valence electrons. The predicted octanol–water partition coefficient (Wildman–Crippen LogP) is 0.529. The Morgan fingerprint density at radius 1 is 1.26 bits per heavy atom. The summed E-state index contributed by atoms with van der Waals surface area (Å²) in [6.45, 7) is 0.194. The van der Waals surface area contributed by atoms with E-state index >= 15 is 0 Å². The Morgan fingerprint density at radius 2 is 1.84 bits per heavy atom. The molecule has 0 unspecified atom stereocenters. The second-order valence-electron chi connectivity index (χ2n) is 4.16. The number of hydrogen-bond acceptors (Lipinski definition) is 4. The number of carboxylic acid groups (broad SMARTS) is 1. The maximum atomic E-state index is 12.0. The third-order valence-electron chi connectivity index (χ3n) is 2.66. The van der Waals surface area contributed by atoms with E-state index < -0.39 is 16.0 Å². The lowest BCUT2D eigenvalue weighted by molar-refractivity contribution is 0.0697. The van der Waals surface area contributed by atoms with Crippen molar-refractivity contribution in [2.24, 2.45) is 0 Å². The highest BCUT2D eigenvalue weighted by molar-refractivity contribution is 7.88. The molecule has 0 radical (unpaired) electrons. The highest BCUT2D eigenvalue weighted by Crippen LogP contribution is 2.11. The van der Waals surface area contributed by atoms with Crippen LogP contribution in [0.4, 0.5) is 0 Å². The predicted molar refractivity (Wildman–Crippen MR) is 70.4 cm³/mol. The average molecular weight is 287 g/mol. The Hall–Kier alpha value is -1.44. The number of nitrogens with zero attached hydrogens (tertiary/aromatic N) is 1. The zero-order valence-corrected chi connectivity index (χ0v) is 11.4. The first-order chi connectivity index (χ1) is 8.86. The number of benzene rings is 1. The van der Waals surface area contributed by atoms with Crippen molar-refractivity contribution in [3.8, 4) is 0 Å². The summed E-state index contributed by atoms with van der Waals surface area (Å²) in [5, 5.41) is 17.4. The summed E-state index contributed by atoms with van der Waals surface area (Å²) in [5.74, 6) is -1.23. The summed E-state index contributed by atoms with van der Waals surface area (Å²) in [5.41, 5.74) is 0.649. The molecule has 1 rings (SSSR count). The lowest BCUT2D eigenvalue weighted by Crippen LogP contribution is -2.29. The van der Waals surface area contributed by atoms with Crippen molar-refractivity contribution in [2.75, 3.05) is 20.2 Å². The number of carboxylic acids is 1. The van der Waals surface area contributed by atoms with Gasteiger partial charge in [-0.3, -0.25) is 0 Å².